The van der Waals surface area contributed by atoms with Crippen LogP contribution in [-0.2, 0) is 24.8 Å². The first-order valence-corrected chi connectivity index (χ1v) is 6.10. The number of hydrogen-bond donors (Lipinski definition) is 2. The Balaban J connectivity index is 1.77. The number of benzene rings is 1. The number of carbonyl (C=O) groups is 1. The first-order valence-electron chi connectivity index (χ1n) is 6.10. The Morgan fingerprint density at radius 2 is 2.21 bits per heavy atom. The zero-order chi connectivity index (χ0) is 13.7. The molecule has 0 aliphatic rings. The van der Waals surface area contributed by atoms with E-state index in [1.807, 2.05) is 24.3 Å². The summed E-state index contributed by atoms with van der Waals surface area (Å²) in [7, 11) is 1.79. The molecule has 0 aliphatic carbocycles. The molecule has 100 valence electrons. The van der Waals surface area contributed by atoms with Crippen LogP contribution in [-0.4, -0.2) is 20.7 Å². The fourth-order valence-corrected chi connectivity index (χ4v) is 1.74. The standard InChI is InChI=1S/C13H17N5O/c1-18-9-16-12(17-18)8-15-13(19)7-6-10-4-2-3-5-11(10)14/h2-5,9H,6-8,14H2,1H3,(H,15,19). The minimum Gasteiger partial charge on any atom is -0.399 e. The maximum Gasteiger partial charge on any atom is 0.220 e. The second-order valence-corrected chi connectivity index (χ2v) is 4.31. The Morgan fingerprint density at radius 1 is 1.42 bits per heavy atom. The van der Waals surface area contributed by atoms with Crippen LogP contribution >= 0.6 is 0 Å². The zero-order valence-corrected chi connectivity index (χ0v) is 10.8. The Bertz CT molecular complexity index is 564. The average Bonchev–Trinajstić information content (AvgIpc) is 2.81. The molecular formula is C13H17N5O. The van der Waals surface area contributed by atoms with Gasteiger partial charge in [-0.1, -0.05) is 18.2 Å². The Hall–Kier alpha value is -2.37. The molecule has 0 spiro atoms. The molecular weight excluding hydrogens is 242 g/mol. The number of nitrogen functional groups attached to an aromatic ring is 1. The van der Waals surface area contributed by atoms with Crippen molar-refractivity contribution in [1.82, 2.24) is 20.1 Å². The highest BCUT2D eigenvalue weighted by Gasteiger charge is 2.05. The summed E-state index contributed by atoms with van der Waals surface area (Å²) in [6.45, 7) is 0.351. The van der Waals surface area contributed by atoms with Gasteiger partial charge in [0.25, 0.3) is 0 Å². The summed E-state index contributed by atoms with van der Waals surface area (Å²) in [5, 5.41) is 6.87. The highest BCUT2D eigenvalue weighted by molar-refractivity contribution is 5.76. The van der Waals surface area contributed by atoms with E-state index in [0.29, 0.717) is 25.2 Å². The van der Waals surface area contributed by atoms with Gasteiger partial charge < -0.3 is 11.1 Å². The van der Waals surface area contributed by atoms with Gasteiger partial charge in [0, 0.05) is 19.2 Å². The largest absolute Gasteiger partial charge is 0.399 e. The van der Waals surface area contributed by atoms with Crippen molar-refractivity contribution in [3.05, 3.63) is 42.0 Å². The van der Waals surface area contributed by atoms with Crippen molar-refractivity contribution < 1.29 is 4.79 Å². The zero-order valence-electron chi connectivity index (χ0n) is 10.8. The fourth-order valence-electron chi connectivity index (χ4n) is 1.74. The van der Waals surface area contributed by atoms with Gasteiger partial charge in [0.05, 0.1) is 6.54 Å². The van der Waals surface area contributed by atoms with Gasteiger partial charge >= 0.3 is 0 Å². The van der Waals surface area contributed by atoms with Crippen molar-refractivity contribution in [1.29, 1.82) is 0 Å². The molecule has 1 heterocycles. The van der Waals surface area contributed by atoms with E-state index in [4.69, 9.17) is 5.73 Å². The SMILES string of the molecule is Cn1cnc(CNC(=O)CCc2ccccc2N)n1. The van der Waals surface area contributed by atoms with E-state index in [1.165, 1.54) is 0 Å². The Labute approximate surface area is 111 Å². The molecule has 3 N–H and O–H groups in total. The Kier molecular flexibility index (Phi) is 4.12. The normalized spacial score (nSPS) is 10.4. The maximum atomic E-state index is 11.7. The van der Waals surface area contributed by atoms with E-state index in [1.54, 1.807) is 18.1 Å². The third-order valence-electron chi connectivity index (χ3n) is 2.77. The molecule has 1 aromatic carbocycles. The molecule has 0 bridgehead atoms. The summed E-state index contributed by atoms with van der Waals surface area (Å²) < 4.78 is 1.60. The van der Waals surface area contributed by atoms with Crippen LogP contribution in [0.4, 0.5) is 5.69 Å². The van der Waals surface area contributed by atoms with Crippen molar-refractivity contribution in [2.75, 3.05) is 5.73 Å². The van der Waals surface area contributed by atoms with Crippen molar-refractivity contribution in [2.24, 2.45) is 7.05 Å². The molecule has 2 aromatic rings. The van der Waals surface area contributed by atoms with Gasteiger partial charge in [0.2, 0.25) is 5.91 Å². The molecule has 0 fully saturated rings. The predicted octanol–water partition coefficient (Wildman–Crippen LogP) is 0.646. The number of aryl methyl sites for hydroxylation is 2. The number of aromatic nitrogens is 3. The first kappa shape index (κ1) is 13.1. The maximum absolute atomic E-state index is 11.7. The molecule has 6 nitrogen and oxygen atoms in total. The van der Waals surface area contributed by atoms with Crippen molar-refractivity contribution in [3.8, 4) is 0 Å². The lowest BCUT2D eigenvalue weighted by molar-refractivity contribution is -0.121. The number of nitrogens with two attached hydrogens (primary N) is 1. The van der Waals surface area contributed by atoms with Gasteiger partial charge in [-0.25, -0.2) is 4.98 Å². The van der Waals surface area contributed by atoms with Crippen molar-refractivity contribution in [3.63, 3.8) is 0 Å². The molecule has 1 amide bonds. The first-order chi connectivity index (χ1) is 9.15. The van der Waals surface area contributed by atoms with Crippen LogP contribution in [0, 0.1) is 0 Å². The third kappa shape index (κ3) is 3.80. The van der Waals surface area contributed by atoms with E-state index < -0.39 is 0 Å². The molecule has 0 saturated heterocycles. The highest BCUT2D eigenvalue weighted by atomic mass is 16.1. The van der Waals surface area contributed by atoms with Crippen LogP contribution in [0.2, 0.25) is 0 Å². The molecule has 0 saturated carbocycles. The molecule has 19 heavy (non-hydrogen) atoms. The van der Waals surface area contributed by atoms with E-state index in [0.717, 1.165) is 11.3 Å². The van der Waals surface area contributed by atoms with Gasteiger partial charge in [-0.15, -0.1) is 0 Å². The molecule has 0 aliphatic heterocycles. The van der Waals surface area contributed by atoms with Crippen molar-refractivity contribution >= 4 is 11.6 Å². The van der Waals surface area contributed by atoms with Gasteiger partial charge in [-0.3, -0.25) is 9.48 Å². The summed E-state index contributed by atoms with van der Waals surface area (Å²) in [5.74, 6) is 0.575. The topological polar surface area (TPSA) is 85.8 Å². The number of carbonyl (C=O) groups excluding carboxylic acids is 1. The summed E-state index contributed by atoms with van der Waals surface area (Å²) in [5.41, 5.74) is 7.54. The molecule has 0 unspecified atom stereocenters. The summed E-state index contributed by atoms with van der Waals surface area (Å²) in [4.78, 5) is 15.7. The second kappa shape index (κ2) is 5.99. The predicted molar refractivity (Wildman–Crippen MR) is 72.0 cm³/mol. The number of rotatable bonds is 5. The van der Waals surface area contributed by atoms with E-state index in [-0.39, 0.29) is 5.91 Å². The average molecular weight is 259 g/mol. The quantitative estimate of drug-likeness (QED) is 0.772. The monoisotopic (exact) mass is 259 g/mol. The van der Waals surface area contributed by atoms with Gasteiger partial charge in [0.15, 0.2) is 5.82 Å². The molecule has 2 rings (SSSR count). The van der Waals surface area contributed by atoms with Crippen LogP contribution in [0.3, 0.4) is 0 Å². The number of para-hydroxylation sites is 1. The van der Waals surface area contributed by atoms with Gasteiger partial charge in [-0.05, 0) is 18.1 Å². The van der Waals surface area contributed by atoms with E-state index >= 15 is 0 Å². The smallest absolute Gasteiger partial charge is 0.220 e. The number of hydrogen-bond acceptors (Lipinski definition) is 4. The summed E-state index contributed by atoms with van der Waals surface area (Å²) in [6.07, 6.45) is 2.64. The lowest BCUT2D eigenvalue weighted by Crippen LogP contribution is -2.23. The highest BCUT2D eigenvalue weighted by Crippen LogP contribution is 2.12. The number of nitrogens with one attached hydrogen (secondary N) is 1. The number of nitrogens with zero attached hydrogens (tertiary/aromatic N) is 3. The van der Waals surface area contributed by atoms with E-state index in [9.17, 15) is 4.79 Å². The molecule has 0 atom stereocenters. The van der Waals surface area contributed by atoms with Crippen LogP contribution in [0.5, 0.6) is 0 Å². The minimum absolute atomic E-state index is 0.0318. The van der Waals surface area contributed by atoms with Crippen molar-refractivity contribution in [2.45, 2.75) is 19.4 Å². The molecule has 1 aromatic heterocycles. The second-order valence-electron chi connectivity index (χ2n) is 4.31. The fraction of sp³-hybridized carbons (Fsp3) is 0.308. The molecule has 6 heteroatoms. The van der Waals surface area contributed by atoms with Crippen LogP contribution in [0.1, 0.15) is 17.8 Å². The van der Waals surface area contributed by atoms with E-state index in [2.05, 4.69) is 15.4 Å². The van der Waals surface area contributed by atoms with Gasteiger partial charge in [-0.2, -0.15) is 5.10 Å². The van der Waals surface area contributed by atoms with Crippen LogP contribution in [0.25, 0.3) is 0 Å². The van der Waals surface area contributed by atoms with Crippen LogP contribution < -0.4 is 11.1 Å². The third-order valence-corrected chi connectivity index (χ3v) is 2.77. The number of amides is 1. The Morgan fingerprint density at radius 3 is 2.89 bits per heavy atom. The summed E-state index contributed by atoms with van der Waals surface area (Å²) in [6, 6.07) is 7.57. The summed E-state index contributed by atoms with van der Waals surface area (Å²) >= 11 is 0. The minimum atomic E-state index is -0.0318. The van der Waals surface area contributed by atoms with Gasteiger partial charge in [0.1, 0.15) is 6.33 Å². The lowest BCUT2D eigenvalue weighted by atomic mass is 10.1. The number of anilines is 1. The molecule has 0 radical (unpaired) electrons. The van der Waals surface area contributed by atoms with Crippen LogP contribution in [0.15, 0.2) is 30.6 Å². The lowest BCUT2D eigenvalue weighted by Gasteiger charge is -2.05.